The number of aliphatic imine (C=N–C) groups is 1. The summed E-state index contributed by atoms with van der Waals surface area (Å²) in [7, 11) is 1.82. The summed E-state index contributed by atoms with van der Waals surface area (Å²) in [4.78, 5) is 11.5. The average Bonchev–Trinajstić information content (AvgIpc) is 3.17. The molecule has 1 aromatic heterocycles. The van der Waals surface area contributed by atoms with E-state index in [0.29, 0.717) is 5.92 Å². The van der Waals surface area contributed by atoms with E-state index in [0.717, 1.165) is 50.1 Å². The van der Waals surface area contributed by atoms with E-state index in [1.165, 1.54) is 23.2 Å². The molecular weight excluding hydrogens is 354 g/mol. The fraction of sp³-hybridized carbons (Fsp3) is 0.524. The molecule has 2 N–H and O–H groups in total. The molecule has 0 bridgehead atoms. The highest BCUT2D eigenvalue weighted by atomic mass is 32.1. The highest BCUT2D eigenvalue weighted by Gasteiger charge is 2.14. The first-order valence-electron chi connectivity index (χ1n) is 9.83. The summed E-state index contributed by atoms with van der Waals surface area (Å²) < 4.78 is 0. The van der Waals surface area contributed by atoms with Crippen molar-refractivity contribution in [3.05, 3.63) is 51.5 Å². The highest BCUT2D eigenvalue weighted by molar-refractivity contribution is 7.09. The van der Waals surface area contributed by atoms with Gasteiger partial charge in [-0.2, -0.15) is 0 Å². The van der Waals surface area contributed by atoms with Gasteiger partial charge in [0.1, 0.15) is 5.01 Å². The summed E-state index contributed by atoms with van der Waals surface area (Å²) in [6, 6.07) is 8.81. The Morgan fingerprint density at radius 2 is 2.07 bits per heavy atom. The lowest BCUT2D eigenvalue weighted by molar-refractivity contribution is 0.251. The van der Waals surface area contributed by atoms with Gasteiger partial charge in [-0.1, -0.05) is 38.1 Å². The molecule has 0 aliphatic carbocycles. The third-order valence-electron chi connectivity index (χ3n) is 4.94. The maximum Gasteiger partial charge on any atom is 0.191 e. The van der Waals surface area contributed by atoms with Crippen LogP contribution in [0.4, 0.5) is 0 Å². The standard InChI is InChI=1S/C21H31N5S/c1-16(2)19-15-27-20(25-19)13-24-21(22-3)23-10-6-11-26-12-9-17-7-4-5-8-18(17)14-26/h4-5,7-8,15-16H,6,9-14H2,1-3H3,(H2,22,23,24). The minimum absolute atomic E-state index is 0.481. The number of nitrogens with zero attached hydrogens (tertiary/aromatic N) is 3. The van der Waals surface area contributed by atoms with Crippen molar-refractivity contribution in [3.63, 3.8) is 0 Å². The number of fused-ring (bicyclic) bond motifs is 1. The van der Waals surface area contributed by atoms with Crippen molar-refractivity contribution in [1.29, 1.82) is 0 Å². The van der Waals surface area contributed by atoms with Gasteiger partial charge in [0.25, 0.3) is 0 Å². The maximum atomic E-state index is 4.66. The number of hydrogen-bond donors (Lipinski definition) is 2. The molecule has 0 saturated carbocycles. The Balaban J connectivity index is 1.35. The molecule has 5 nitrogen and oxygen atoms in total. The van der Waals surface area contributed by atoms with Gasteiger partial charge in [0.2, 0.25) is 0 Å². The molecule has 0 unspecified atom stereocenters. The molecule has 146 valence electrons. The maximum absolute atomic E-state index is 4.66. The van der Waals surface area contributed by atoms with Crippen LogP contribution >= 0.6 is 11.3 Å². The smallest absolute Gasteiger partial charge is 0.191 e. The second-order valence-corrected chi connectivity index (χ2v) is 8.26. The van der Waals surface area contributed by atoms with E-state index in [-0.39, 0.29) is 0 Å². The van der Waals surface area contributed by atoms with Crippen LogP contribution in [0.15, 0.2) is 34.6 Å². The van der Waals surface area contributed by atoms with Crippen molar-refractivity contribution in [2.45, 2.75) is 45.7 Å². The minimum Gasteiger partial charge on any atom is -0.356 e. The van der Waals surface area contributed by atoms with Gasteiger partial charge in [-0.15, -0.1) is 11.3 Å². The number of hydrogen-bond acceptors (Lipinski definition) is 4. The van der Waals surface area contributed by atoms with E-state index < -0.39 is 0 Å². The molecule has 0 amide bonds. The van der Waals surface area contributed by atoms with Gasteiger partial charge in [0, 0.05) is 38.6 Å². The Morgan fingerprint density at radius 1 is 1.26 bits per heavy atom. The van der Waals surface area contributed by atoms with Gasteiger partial charge in [0.15, 0.2) is 5.96 Å². The molecule has 2 aromatic rings. The predicted molar refractivity (Wildman–Crippen MR) is 114 cm³/mol. The van der Waals surface area contributed by atoms with Crippen LogP contribution in [-0.2, 0) is 19.5 Å². The van der Waals surface area contributed by atoms with Crippen LogP contribution in [0.2, 0.25) is 0 Å². The third-order valence-corrected chi connectivity index (χ3v) is 5.81. The van der Waals surface area contributed by atoms with Crippen molar-refractivity contribution in [2.24, 2.45) is 4.99 Å². The van der Waals surface area contributed by atoms with Crippen molar-refractivity contribution < 1.29 is 0 Å². The van der Waals surface area contributed by atoms with Crippen molar-refractivity contribution >= 4 is 17.3 Å². The van der Waals surface area contributed by atoms with Gasteiger partial charge in [-0.3, -0.25) is 9.89 Å². The van der Waals surface area contributed by atoms with E-state index in [1.807, 2.05) is 7.05 Å². The Bertz CT molecular complexity index is 753. The first-order chi connectivity index (χ1) is 13.2. The lowest BCUT2D eigenvalue weighted by Crippen LogP contribution is -2.39. The largest absolute Gasteiger partial charge is 0.356 e. The van der Waals surface area contributed by atoms with Crippen LogP contribution in [0.1, 0.15) is 48.0 Å². The Hall–Kier alpha value is -1.92. The second-order valence-electron chi connectivity index (χ2n) is 7.32. The molecule has 0 saturated heterocycles. The zero-order chi connectivity index (χ0) is 19.1. The number of rotatable bonds is 7. The summed E-state index contributed by atoms with van der Waals surface area (Å²) in [5, 5.41) is 10.0. The summed E-state index contributed by atoms with van der Waals surface area (Å²) in [5.41, 5.74) is 4.17. The molecule has 1 aliphatic heterocycles. The van der Waals surface area contributed by atoms with Gasteiger partial charge < -0.3 is 10.6 Å². The number of nitrogens with one attached hydrogen (secondary N) is 2. The van der Waals surface area contributed by atoms with E-state index in [4.69, 9.17) is 0 Å². The fourth-order valence-electron chi connectivity index (χ4n) is 3.31. The number of thiazole rings is 1. The quantitative estimate of drug-likeness (QED) is 0.436. The summed E-state index contributed by atoms with van der Waals surface area (Å²) in [6.07, 6.45) is 2.27. The van der Waals surface area contributed by atoms with Crippen LogP contribution in [0.25, 0.3) is 0 Å². The third kappa shape index (κ3) is 5.78. The molecule has 0 spiro atoms. The summed E-state index contributed by atoms with van der Waals surface area (Å²) >= 11 is 1.71. The Labute approximate surface area is 166 Å². The zero-order valence-corrected chi connectivity index (χ0v) is 17.5. The van der Waals surface area contributed by atoms with Gasteiger partial charge in [-0.25, -0.2) is 4.98 Å². The highest BCUT2D eigenvalue weighted by Crippen LogP contribution is 2.18. The monoisotopic (exact) mass is 385 g/mol. The topological polar surface area (TPSA) is 52.6 Å². The fourth-order valence-corrected chi connectivity index (χ4v) is 4.20. The van der Waals surface area contributed by atoms with Crippen molar-refractivity contribution in [2.75, 3.05) is 26.7 Å². The molecule has 0 fully saturated rings. The molecule has 1 aromatic carbocycles. The first kappa shape index (κ1) is 19.8. The molecule has 6 heteroatoms. The van der Waals surface area contributed by atoms with Crippen LogP contribution in [0, 0.1) is 0 Å². The Kier molecular flexibility index (Phi) is 7.24. The average molecular weight is 386 g/mol. The van der Waals surface area contributed by atoms with Crippen molar-refractivity contribution in [1.82, 2.24) is 20.5 Å². The SMILES string of the molecule is CN=C(NCCCN1CCc2ccccc2C1)NCc1nc(C(C)C)cs1. The molecule has 2 heterocycles. The molecule has 27 heavy (non-hydrogen) atoms. The van der Waals surface area contributed by atoms with E-state index in [2.05, 4.69) is 69.0 Å². The van der Waals surface area contributed by atoms with Crippen LogP contribution in [0.3, 0.4) is 0 Å². The molecule has 0 atom stereocenters. The van der Waals surface area contributed by atoms with Crippen LogP contribution in [-0.4, -0.2) is 42.5 Å². The van der Waals surface area contributed by atoms with E-state index >= 15 is 0 Å². The molecule has 1 aliphatic rings. The molecule has 3 rings (SSSR count). The van der Waals surface area contributed by atoms with E-state index in [1.54, 1.807) is 11.3 Å². The van der Waals surface area contributed by atoms with Crippen LogP contribution < -0.4 is 10.6 Å². The van der Waals surface area contributed by atoms with Crippen molar-refractivity contribution in [3.8, 4) is 0 Å². The van der Waals surface area contributed by atoms with Gasteiger partial charge in [0.05, 0.1) is 12.2 Å². The zero-order valence-electron chi connectivity index (χ0n) is 16.7. The first-order valence-corrected chi connectivity index (χ1v) is 10.7. The lowest BCUT2D eigenvalue weighted by Gasteiger charge is -2.28. The lowest BCUT2D eigenvalue weighted by atomic mass is 10.00. The van der Waals surface area contributed by atoms with Gasteiger partial charge >= 0.3 is 0 Å². The molecule has 0 radical (unpaired) electrons. The normalized spacial score (nSPS) is 15.0. The Morgan fingerprint density at radius 3 is 2.81 bits per heavy atom. The van der Waals surface area contributed by atoms with E-state index in [9.17, 15) is 0 Å². The second kappa shape index (κ2) is 9.85. The molecular formula is C21H31N5S. The van der Waals surface area contributed by atoms with Crippen LogP contribution in [0.5, 0.6) is 0 Å². The summed E-state index contributed by atoms with van der Waals surface area (Å²) in [5.74, 6) is 1.33. The summed E-state index contributed by atoms with van der Waals surface area (Å²) in [6.45, 7) is 9.34. The number of benzene rings is 1. The number of aromatic nitrogens is 1. The minimum atomic E-state index is 0.481. The predicted octanol–water partition coefficient (Wildman–Crippen LogP) is 3.38. The van der Waals surface area contributed by atoms with Gasteiger partial charge in [-0.05, 0) is 29.9 Å². The number of guanidine groups is 1.